The van der Waals surface area contributed by atoms with Gasteiger partial charge in [-0.25, -0.2) is 4.98 Å². The third kappa shape index (κ3) is 9.47. The fraction of sp³-hybridized carbons (Fsp3) is 0.262. The maximum atomic E-state index is 6.79. The third-order valence-electron chi connectivity index (χ3n) is 13.9. The van der Waals surface area contributed by atoms with Crippen LogP contribution >= 0.6 is 0 Å². The Balaban J connectivity index is 0.00000624. The largest absolute Gasteiger partial charge is 0.514 e. The summed E-state index contributed by atoms with van der Waals surface area (Å²) in [5.41, 5.74) is 18.0. The van der Waals surface area contributed by atoms with Gasteiger partial charge in [-0.3, -0.25) is 0 Å². The first kappa shape index (κ1) is 49.6. The van der Waals surface area contributed by atoms with Crippen molar-refractivity contribution in [1.29, 1.82) is 0 Å². The number of benzene rings is 7. The molecule has 0 aliphatic carbocycles. The van der Waals surface area contributed by atoms with Crippen LogP contribution in [0.4, 0.5) is 17.1 Å². The van der Waals surface area contributed by atoms with E-state index in [2.05, 4.69) is 257 Å². The van der Waals surface area contributed by atoms with Crippen LogP contribution in [0.5, 0.6) is 11.5 Å². The molecule has 0 bridgehead atoms. The predicted octanol–water partition coefficient (Wildman–Crippen LogP) is 17.8. The van der Waals surface area contributed by atoms with Crippen molar-refractivity contribution in [2.45, 2.75) is 112 Å². The molecule has 7 aromatic carbocycles. The topological polar surface area (TPSA) is 42.3 Å². The van der Waals surface area contributed by atoms with Gasteiger partial charge in [-0.2, -0.15) is 18.8 Å². The Labute approximate surface area is 436 Å². The first-order valence-electron chi connectivity index (χ1n) is 24.7. The Kier molecular flexibility index (Phi) is 12.8. The zero-order valence-electron chi connectivity index (χ0n) is 43.5. The number of nitrogens with one attached hydrogen (secondary N) is 1. The molecule has 2 aromatic heterocycles. The Hall–Kier alpha value is -6.42. The molecule has 3 heterocycles. The van der Waals surface area contributed by atoms with Crippen molar-refractivity contribution in [2.75, 3.05) is 10.2 Å². The minimum atomic E-state index is -0.0923. The van der Waals surface area contributed by atoms with E-state index in [1.807, 2.05) is 12.3 Å². The number of hydrogen-bond donors (Lipinski definition) is 1. The number of rotatable bonds is 7. The zero-order valence-corrected chi connectivity index (χ0v) is 45.8. The van der Waals surface area contributed by atoms with Crippen molar-refractivity contribution < 1.29 is 25.8 Å². The molecule has 1 N–H and O–H groups in total. The number of aromatic nitrogens is 2. The number of ether oxygens (including phenoxy) is 1. The van der Waals surface area contributed by atoms with Gasteiger partial charge in [0.2, 0.25) is 0 Å². The van der Waals surface area contributed by atoms with E-state index >= 15 is 0 Å². The van der Waals surface area contributed by atoms with E-state index in [1.54, 1.807) is 0 Å². The Morgan fingerprint density at radius 2 is 1.18 bits per heavy atom. The summed E-state index contributed by atoms with van der Waals surface area (Å²) >= 11 is 0. The van der Waals surface area contributed by atoms with E-state index in [-0.39, 0.29) is 42.7 Å². The van der Waals surface area contributed by atoms with Crippen LogP contribution in [0.25, 0.3) is 61.0 Å². The van der Waals surface area contributed by atoms with Gasteiger partial charge in [0, 0.05) is 61.2 Å². The number of fused-ring (bicyclic) bond motifs is 4. The number of anilines is 3. The predicted molar refractivity (Wildman–Crippen MR) is 295 cm³/mol. The van der Waals surface area contributed by atoms with Gasteiger partial charge < -0.3 is 19.5 Å². The molecule has 364 valence electrons. The quantitative estimate of drug-likeness (QED) is 0.162. The fourth-order valence-corrected chi connectivity index (χ4v) is 9.66. The van der Waals surface area contributed by atoms with Gasteiger partial charge in [-0.15, -0.1) is 40.9 Å². The number of pyridine rings is 1. The first-order valence-corrected chi connectivity index (χ1v) is 24.7. The molecular weight excluding hydrogens is 1050 g/mol. The average molecular weight is 1110 g/mol. The van der Waals surface area contributed by atoms with Crippen molar-refractivity contribution in [1.82, 2.24) is 9.55 Å². The number of hydrogen-bond acceptors (Lipinski definition) is 4. The maximum Gasteiger partial charge on any atom is 0.135 e. The maximum absolute atomic E-state index is 6.79. The van der Waals surface area contributed by atoms with Crippen molar-refractivity contribution in [2.24, 2.45) is 0 Å². The molecule has 5 nitrogen and oxygen atoms in total. The monoisotopic (exact) mass is 1110 g/mol. The molecule has 6 heteroatoms. The molecule has 9 aromatic rings. The van der Waals surface area contributed by atoms with E-state index in [0.717, 1.165) is 55.8 Å². The standard InChI is InChI=1S/C65H65N4O.Pt/c1-41-26-27-48(38-58(41)70-49-28-29-51-50-22-17-18-24-55(50)69(57(51)39-49)59-37-44(30-31-66-59)62(2,3)4)68-40-67-61-52(23-19-25-56(61)68)60-53(42-20-15-14-16-21-42)35-47(65(11,12)13)36-54(60)43-32-45(63(5,6)7)34-46(33-43)64(8,9)10;/h14-37,40,67H,1-13H3;/q-3;. The summed E-state index contributed by atoms with van der Waals surface area (Å²) in [7, 11) is 0. The molecule has 0 atom stereocenters. The van der Waals surface area contributed by atoms with E-state index < -0.39 is 0 Å². The summed E-state index contributed by atoms with van der Waals surface area (Å²) in [6, 6.07) is 58.2. The molecule has 0 unspecified atom stereocenters. The van der Waals surface area contributed by atoms with Gasteiger partial charge in [-0.05, 0) is 114 Å². The van der Waals surface area contributed by atoms with E-state index in [9.17, 15) is 0 Å². The Bertz CT molecular complexity index is 3430. The van der Waals surface area contributed by atoms with Crippen molar-refractivity contribution >= 4 is 38.9 Å². The van der Waals surface area contributed by atoms with Gasteiger partial charge >= 0.3 is 0 Å². The van der Waals surface area contributed by atoms with Crippen LogP contribution in [0.2, 0.25) is 0 Å². The van der Waals surface area contributed by atoms with Crippen LogP contribution in [-0.2, 0) is 42.7 Å². The van der Waals surface area contributed by atoms with Crippen LogP contribution in [0.1, 0.15) is 111 Å². The molecule has 0 radical (unpaired) electrons. The number of nitrogens with zero attached hydrogens (tertiary/aromatic N) is 3. The van der Waals surface area contributed by atoms with Crippen LogP contribution in [-0.4, -0.2) is 9.55 Å². The summed E-state index contributed by atoms with van der Waals surface area (Å²) in [5.74, 6) is 2.10. The number of para-hydroxylation sites is 2. The van der Waals surface area contributed by atoms with Crippen LogP contribution in [0, 0.1) is 25.7 Å². The minimum absolute atomic E-state index is 0. The summed E-state index contributed by atoms with van der Waals surface area (Å²) in [6.07, 6.45) is 1.91. The summed E-state index contributed by atoms with van der Waals surface area (Å²) in [6.45, 7) is 31.7. The molecule has 0 saturated heterocycles. The molecule has 0 fully saturated rings. The van der Waals surface area contributed by atoms with Crippen molar-refractivity contribution in [3.63, 3.8) is 0 Å². The third-order valence-corrected chi connectivity index (χ3v) is 13.9. The Morgan fingerprint density at radius 1 is 0.549 bits per heavy atom. The SMILES string of the molecule is Cc1ccc(N2[CH-]Nc3c(-c4c(-c5ccccc5)cc(C(C)(C)C)cc4-c4cc(C(C)(C)C)cc(C(C)(C)C)c4)cccc32)[c-]c1Oc1[c-]c2c(cc1)c1ccccc1n2-c1cc(C(C)(C)C)ccn1.[Pt]. The van der Waals surface area contributed by atoms with Gasteiger partial charge in [0.25, 0.3) is 0 Å². The van der Waals surface area contributed by atoms with E-state index in [0.29, 0.717) is 11.5 Å². The van der Waals surface area contributed by atoms with E-state index in [1.165, 1.54) is 50.1 Å². The molecular formula is C65H65N4OPt-3. The van der Waals surface area contributed by atoms with Crippen molar-refractivity contribution in [3.05, 3.63) is 192 Å². The smallest absolute Gasteiger partial charge is 0.135 e. The summed E-state index contributed by atoms with van der Waals surface area (Å²) < 4.78 is 9.00. The molecule has 0 amide bonds. The molecule has 1 aliphatic heterocycles. The average Bonchev–Trinajstić information content (AvgIpc) is 3.90. The van der Waals surface area contributed by atoms with Gasteiger partial charge in [0.05, 0.1) is 0 Å². The second-order valence-electron chi connectivity index (χ2n) is 23.3. The first-order chi connectivity index (χ1) is 33.1. The second kappa shape index (κ2) is 18.3. The van der Waals surface area contributed by atoms with Gasteiger partial charge in [0.15, 0.2) is 0 Å². The van der Waals surface area contributed by atoms with Crippen LogP contribution in [0.15, 0.2) is 146 Å². The van der Waals surface area contributed by atoms with E-state index in [4.69, 9.17) is 9.72 Å². The normalized spacial score (nSPS) is 13.1. The van der Waals surface area contributed by atoms with Gasteiger partial charge in [0.1, 0.15) is 5.82 Å². The van der Waals surface area contributed by atoms with Crippen LogP contribution < -0.4 is 15.0 Å². The molecule has 0 saturated carbocycles. The summed E-state index contributed by atoms with van der Waals surface area (Å²) in [5, 5.41) is 6.00. The second-order valence-corrected chi connectivity index (χ2v) is 23.3. The zero-order chi connectivity index (χ0) is 49.5. The molecule has 71 heavy (non-hydrogen) atoms. The fourth-order valence-electron chi connectivity index (χ4n) is 9.66. The summed E-state index contributed by atoms with van der Waals surface area (Å²) in [4.78, 5) is 7.07. The molecule has 1 aliphatic rings. The molecule has 10 rings (SSSR count). The molecule has 0 spiro atoms. The van der Waals surface area contributed by atoms with Crippen LogP contribution in [0.3, 0.4) is 0 Å². The van der Waals surface area contributed by atoms with Crippen molar-refractivity contribution in [3.8, 4) is 50.7 Å². The number of aryl methyl sites for hydroxylation is 1. The minimum Gasteiger partial charge on any atom is -0.514 e. The van der Waals surface area contributed by atoms with Gasteiger partial charge in [-0.1, -0.05) is 174 Å². The Morgan fingerprint density at radius 3 is 1.86 bits per heavy atom.